The summed E-state index contributed by atoms with van der Waals surface area (Å²) in [6, 6.07) is 11.2. The highest BCUT2D eigenvalue weighted by atomic mass is 16.2. The van der Waals surface area contributed by atoms with Gasteiger partial charge in [0.15, 0.2) is 5.65 Å². The van der Waals surface area contributed by atoms with E-state index in [1.807, 2.05) is 44.2 Å². The van der Waals surface area contributed by atoms with Crippen LogP contribution in [-0.2, 0) is 6.54 Å². The fraction of sp³-hybridized carbons (Fsp3) is 0.333. The summed E-state index contributed by atoms with van der Waals surface area (Å²) in [6.07, 6.45) is 1.97. The number of aromatic amines is 1. The van der Waals surface area contributed by atoms with Gasteiger partial charge in [-0.25, -0.2) is 9.78 Å². The van der Waals surface area contributed by atoms with E-state index in [1.165, 1.54) is 4.57 Å². The molecule has 3 aromatic rings. The number of amides is 1. The van der Waals surface area contributed by atoms with Crippen LogP contribution in [0.15, 0.2) is 46.0 Å². The van der Waals surface area contributed by atoms with Gasteiger partial charge in [0, 0.05) is 23.7 Å². The number of benzene rings is 1. The van der Waals surface area contributed by atoms with Crippen molar-refractivity contribution in [3.05, 3.63) is 74.1 Å². The van der Waals surface area contributed by atoms with Gasteiger partial charge in [-0.05, 0) is 37.0 Å². The predicted octanol–water partition coefficient (Wildman–Crippen LogP) is 2.40. The Labute approximate surface area is 179 Å². The molecule has 0 saturated heterocycles. The smallest absolute Gasteiger partial charge is 0.330 e. The minimum Gasteiger partial charge on any atom is -0.341 e. The van der Waals surface area contributed by atoms with E-state index in [4.69, 9.17) is 0 Å². The van der Waals surface area contributed by atoms with Crippen LogP contribution in [-0.4, -0.2) is 27.0 Å². The standard InChI is InChI=1S/C24H24N4O3/c1-15(2)14-28-21-20(23(30)27-24(28)31)18(13-19(26-21)17-10-11-17)22(29)25-12-6-9-16-7-4-3-5-8-16/h3-5,7-8,13,15,17H,10-12,14H2,1-2H3,(H,25,29)(H,27,30,31). The number of fused-ring (bicyclic) bond motifs is 1. The fourth-order valence-corrected chi connectivity index (χ4v) is 3.48. The van der Waals surface area contributed by atoms with Crippen LogP contribution in [0.25, 0.3) is 11.0 Å². The predicted molar refractivity (Wildman–Crippen MR) is 119 cm³/mol. The van der Waals surface area contributed by atoms with Gasteiger partial charge in [-0.2, -0.15) is 0 Å². The molecule has 2 aromatic heterocycles. The highest BCUT2D eigenvalue weighted by Crippen LogP contribution is 2.39. The molecule has 1 aliphatic rings. The lowest BCUT2D eigenvalue weighted by molar-refractivity contribution is 0.0960. The minimum absolute atomic E-state index is 0.137. The molecule has 1 amide bonds. The van der Waals surface area contributed by atoms with Gasteiger partial charge < -0.3 is 5.32 Å². The molecular formula is C24H24N4O3. The molecule has 2 heterocycles. The number of nitrogens with zero attached hydrogens (tertiary/aromatic N) is 2. The number of aromatic nitrogens is 3. The number of hydrogen-bond acceptors (Lipinski definition) is 4. The molecule has 0 spiro atoms. The molecule has 1 aliphatic carbocycles. The summed E-state index contributed by atoms with van der Waals surface area (Å²) in [5, 5.41) is 2.91. The molecule has 7 nitrogen and oxygen atoms in total. The Hall–Kier alpha value is -3.66. The molecule has 0 atom stereocenters. The Morgan fingerprint density at radius 1 is 1.26 bits per heavy atom. The zero-order valence-corrected chi connectivity index (χ0v) is 17.6. The summed E-state index contributed by atoms with van der Waals surface area (Å²) < 4.78 is 1.46. The van der Waals surface area contributed by atoms with Gasteiger partial charge in [-0.15, -0.1) is 0 Å². The van der Waals surface area contributed by atoms with Crippen LogP contribution in [0.2, 0.25) is 0 Å². The van der Waals surface area contributed by atoms with Crippen LogP contribution < -0.4 is 16.6 Å². The normalized spacial score (nSPS) is 13.1. The van der Waals surface area contributed by atoms with E-state index in [0.29, 0.717) is 6.54 Å². The van der Waals surface area contributed by atoms with Crippen LogP contribution >= 0.6 is 0 Å². The van der Waals surface area contributed by atoms with Crippen molar-refractivity contribution in [1.82, 2.24) is 19.9 Å². The number of pyridine rings is 1. The molecule has 0 bridgehead atoms. The second-order valence-corrected chi connectivity index (χ2v) is 8.18. The van der Waals surface area contributed by atoms with Gasteiger partial charge in [-0.3, -0.25) is 19.1 Å². The second kappa shape index (κ2) is 8.60. The Bertz CT molecular complexity index is 1310. The van der Waals surface area contributed by atoms with Crippen LogP contribution in [0.4, 0.5) is 0 Å². The van der Waals surface area contributed by atoms with Crippen molar-refractivity contribution in [3.63, 3.8) is 0 Å². The van der Waals surface area contributed by atoms with E-state index in [9.17, 15) is 14.4 Å². The number of carbonyl (C=O) groups is 1. The van der Waals surface area contributed by atoms with Crippen molar-refractivity contribution in [2.75, 3.05) is 6.54 Å². The van der Waals surface area contributed by atoms with Gasteiger partial charge in [-0.1, -0.05) is 43.9 Å². The van der Waals surface area contributed by atoms with Gasteiger partial charge >= 0.3 is 5.69 Å². The molecule has 2 N–H and O–H groups in total. The zero-order chi connectivity index (χ0) is 22.0. The van der Waals surface area contributed by atoms with Crippen molar-refractivity contribution in [1.29, 1.82) is 0 Å². The maximum Gasteiger partial charge on any atom is 0.330 e. The molecule has 0 radical (unpaired) electrons. The van der Waals surface area contributed by atoms with E-state index < -0.39 is 17.2 Å². The van der Waals surface area contributed by atoms with Crippen molar-refractivity contribution in [3.8, 4) is 11.8 Å². The Morgan fingerprint density at radius 3 is 2.68 bits per heavy atom. The topological polar surface area (TPSA) is 96.9 Å². The summed E-state index contributed by atoms with van der Waals surface area (Å²) in [7, 11) is 0. The first-order valence-electron chi connectivity index (χ1n) is 10.4. The molecule has 0 unspecified atom stereocenters. The summed E-state index contributed by atoms with van der Waals surface area (Å²) in [5.74, 6) is 5.93. The third-order valence-corrected chi connectivity index (χ3v) is 5.10. The Kier molecular flexibility index (Phi) is 5.72. The van der Waals surface area contributed by atoms with Gasteiger partial charge in [0.05, 0.1) is 17.5 Å². The van der Waals surface area contributed by atoms with E-state index in [-0.39, 0.29) is 35.0 Å². The monoisotopic (exact) mass is 416 g/mol. The molecule has 4 rings (SSSR count). The van der Waals surface area contributed by atoms with Crippen molar-refractivity contribution in [2.24, 2.45) is 5.92 Å². The third kappa shape index (κ3) is 4.58. The van der Waals surface area contributed by atoms with Crippen molar-refractivity contribution >= 4 is 16.9 Å². The number of hydrogen-bond donors (Lipinski definition) is 2. The molecule has 1 saturated carbocycles. The minimum atomic E-state index is -0.602. The molecule has 1 aromatic carbocycles. The highest BCUT2D eigenvalue weighted by molar-refractivity contribution is 6.05. The number of nitrogens with one attached hydrogen (secondary N) is 2. The maximum absolute atomic E-state index is 13.0. The molecule has 7 heteroatoms. The first-order valence-corrected chi connectivity index (χ1v) is 10.4. The third-order valence-electron chi connectivity index (χ3n) is 5.10. The average molecular weight is 416 g/mol. The average Bonchev–Trinajstić information content (AvgIpc) is 3.59. The molecule has 158 valence electrons. The number of carbonyl (C=O) groups excluding carboxylic acids is 1. The van der Waals surface area contributed by atoms with E-state index in [1.54, 1.807) is 6.07 Å². The van der Waals surface area contributed by atoms with E-state index >= 15 is 0 Å². The zero-order valence-electron chi connectivity index (χ0n) is 17.6. The van der Waals surface area contributed by atoms with Crippen LogP contribution in [0, 0.1) is 17.8 Å². The quantitative estimate of drug-likeness (QED) is 0.624. The van der Waals surface area contributed by atoms with Gasteiger partial charge in [0.25, 0.3) is 11.5 Å². The number of H-pyrrole nitrogens is 1. The Morgan fingerprint density at radius 2 is 2.00 bits per heavy atom. The Balaban J connectivity index is 1.72. The second-order valence-electron chi connectivity index (χ2n) is 8.18. The van der Waals surface area contributed by atoms with Gasteiger partial charge in [0.1, 0.15) is 0 Å². The molecule has 31 heavy (non-hydrogen) atoms. The number of rotatable bonds is 5. The summed E-state index contributed by atoms with van der Waals surface area (Å²) >= 11 is 0. The highest BCUT2D eigenvalue weighted by Gasteiger charge is 2.28. The largest absolute Gasteiger partial charge is 0.341 e. The summed E-state index contributed by atoms with van der Waals surface area (Å²) in [4.78, 5) is 45.1. The first kappa shape index (κ1) is 20.6. The summed E-state index contributed by atoms with van der Waals surface area (Å²) in [5.41, 5.74) is 0.994. The lowest BCUT2D eigenvalue weighted by Crippen LogP contribution is -2.34. The van der Waals surface area contributed by atoms with Gasteiger partial charge in [0.2, 0.25) is 0 Å². The van der Waals surface area contributed by atoms with Crippen LogP contribution in [0.1, 0.15) is 54.2 Å². The van der Waals surface area contributed by atoms with Crippen molar-refractivity contribution < 1.29 is 4.79 Å². The maximum atomic E-state index is 13.0. The summed E-state index contributed by atoms with van der Waals surface area (Å²) in [6.45, 7) is 4.50. The fourth-order valence-electron chi connectivity index (χ4n) is 3.48. The lowest BCUT2D eigenvalue weighted by Gasteiger charge is -2.14. The van der Waals surface area contributed by atoms with Crippen LogP contribution in [0.5, 0.6) is 0 Å². The molecule has 1 fully saturated rings. The van der Waals surface area contributed by atoms with Crippen molar-refractivity contribution in [2.45, 2.75) is 39.2 Å². The SMILES string of the molecule is CC(C)Cn1c(=O)[nH]c(=O)c2c(C(=O)NCC#Cc3ccccc3)cc(C3CC3)nc21. The van der Waals surface area contributed by atoms with E-state index in [0.717, 1.165) is 24.1 Å². The molecule has 0 aliphatic heterocycles. The lowest BCUT2D eigenvalue weighted by atomic mass is 10.1. The molecular weight excluding hydrogens is 392 g/mol. The van der Waals surface area contributed by atoms with E-state index in [2.05, 4.69) is 27.1 Å². The van der Waals surface area contributed by atoms with Crippen LogP contribution in [0.3, 0.4) is 0 Å². The first-order chi connectivity index (χ1) is 14.9.